The van der Waals surface area contributed by atoms with Crippen LogP contribution in [0.2, 0.25) is 0 Å². The minimum Gasteiger partial charge on any atom is -0.325 e. The molecule has 24 heavy (non-hydrogen) atoms. The molecule has 0 spiro atoms. The van der Waals surface area contributed by atoms with E-state index in [2.05, 4.69) is 23.8 Å². The largest absolute Gasteiger partial charge is 0.330 e. The standard InChI is InChI=1S/C17H20N4O2.K/c1-12(2)8-9-20-11-18-15-14(20)16(22)19-17(23)21(15)10-13-6-4-3-5-7-13;/h3-7,11-12H,8-10H2,1-2H3,(H,19,22,23);. The zero-order valence-corrected chi connectivity index (χ0v) is 17.4. The number of imidazole rings is 1. The van der Waals surface area contributed by atoms with Crippen molar-refractivity contribution in [1.82, 2.24) is 19.1 Å². The predicted molar refractivity (Wildman–Crippen MR) is 95.4 cm³/mol. The van der Waals surface area contributed by atoms with Crippen LogP contribution in [0.15, 0.2) is 46.2 Å². The summed E-state index contributed by atoms with van der Waals surface area (Å²) in [5, 5.41) is 0. The molecule has 0 saturated carbocycles. The molecule has 0 saturated heterocycles. The van der Waals surface area contributed by atoms with Crippen LogP contribution in [0.4, 0.5) is 0 Å². The Labute approximate surface area is 182 Å². The smallest absolute Gasteiger partial charge is 0.325 e. The van der Waals surface area contributed by atoms with Gasteiger partial charge in [0.25, 0.3) is 5.56 Å². The molecular formula is C17H20KN4O2. The minimum atomic E-state index is -0.430. The summed E-state index contributed by atoms with van der Waals surface area (Å²) in [6, 6.07) is 9.66. The maximum atomic E-state index is 12.2. The van der Waals surface area contributed by atoms with E-state index >= 15 is 0 Å². The first-order chi connectivity index (χ1) is 11.1. The van der Waals surface area contributed by atoms with Crippen molar-refractivity contribution in [1.29, 1.82) is 0 Å². The Morgan fingerprint density at radius 1 is 1.17 bits per heavy atom. The van der Waals surface area contributed by atoms with Crippen molar-refractivity contribution in [3.63, 3.8) is 0 Å². The molecule has 2 aromatic heterocycles. The Morgan fingerprint density at radius 3 is 2.54 bits per heavy atom. The molecule has 2 heterocycles. The van der Waals surface area contributed by atoms with Gasteiger partial charge in [-0.1, -0.05) is 44.2 Å². The molecule has 0 fully saturated rings. The van der Waals surface area contributed by atoms with Gasteiger partial charge in [0.05, 0.1) is 12.9 Å². The molecule has 1 radical (unpaired) electrons. The molecule has 121 valence electrons. The molecule has 3 rings (SSSR count). The van der Waals surface area contributed by atoms with E-state index in [1.807, 2.05) is 34.9 Å². The van der Waals surface area contributed by atoms with Crippen molar-refractivity contribution >= 4 is 62.5 Å². The molecular weight excluding hydrogens is 331 g/mol. The number of aryl methyl sites for hydroxylation is 1. The molecule has 1 N–H and O–H groups in total. The van der Waals surface area contributed by atoms with Crippen molar-refractivity contribution in [2.75, 3.05) is 0 Å². The summed E-state index contributed by atoms with van der Waals surface area (Å²) in [5.74, 6) is 0.529. The van der Waals surface area contributed by atoms with E-state index in [9.17, 15) is 9.59 Å². The van der Waals surface area contributed by atoms with Crippen LogP contribution in [0.1, 0.15) is 25.8 Å². The first-order valence-corrected chi connectivity index (χ1v) is 7.78. The van der Waals surface area contributed by atoms with E-state index in [0.29, 0.717) is 30.2 Å². The van der Waals surface area contributed by atoms with Gasteiger partial charge in [-0.15, -0.1) is 0 Å². The number of nitrogens with zero attached hydrogens (tertiary/aromatic N) is 3. The zero-order valence-electron chi connectivity index (χ0n) is 14.3. The van der Waals surface area contributed by atoms with Gasteiger partial charge in [0.15, 0.2) is 11.2 Å². The van der Waals surface area contributed by atoms with Gasteiger partial charge in [-0.05, 0) is 17.9 Å². The molecule has 0 aliphatic rings. The van der Waals surface area contributed by atoms with E-state index < -0.39 is 5.69 Å². The van der Waals surface area contributed by atoms with Crippen LogP contribution in [0, 0.1) is 5.92 Å². The predicted octanol–water partition coefficient (Wildman–Crippen LogP) is 1.60. The molecule has 0 atom stereocenters. The summed E-state index contributed by atoms with van der Waals surface area (Å²) >= 11 is 0. The maximum Gasteiger partial charge on any atom is 0.330 e. The number of hydrogen-bond acceptors (Lipinski definition) is 3. The van der Waals surface area contributed by atoms with Crippen LogP contribution >= 0.6 is 0 Å². The third kappa shape index (κ3) is 4.15. The second kappa shape index (κ2) is 8.40. The first-order valence-electron chi connectivity index (χ1n) is 7.78. The maximum absolute atomic E-state index is 12.2. The van der Waals surface area contributed by atoms with E-state index in [1.165, 1.54) is 4.57 Å². The van der Waals surface area contributed by atoms with Crippen LogP contribution in [-0.2, 0) is 13.1 Å². The number of benzene rings is 1. The Hall–Kier alpha value is -0.994. The first kappa shape index (κ1) is 19.3. The topological polar surface area (TPSA) is 72.7 Å². The molecule has 7 heteroatoms. The third-order valence-corrected chi connectivity index (χ3v) is 3.89. The Kier molecular flexibility index (Phi) is 6.76. The zero-order chi connectivity index (χ0) is 16.4. The number of nitrogens with one attached hydrogen (secondary N) is 1. The molecule has 0 amide bonds. The van der Waals surface area contributed by atoms with Gasteiger partial charge in [-0.25, -0.2) is 9.78 Å². The van der Waals surface area contributed by atoms with Crippen LogP contribution in [0.25, 0.3) is 11.2 Å². The van der Waals surface area contributed by atoms with Gasteiger partial charge in [-0.2, -0.15) is 0 Å². The summed E-state index contributed by atoms with van der Waals surface area (Å²) in [4.78, 5) is 31.1. The summed E-state index contributed by atoms with van der Waals surface area (Å²) in [5.41, 5.74) is 1.07. The van der Waals surface area contributed by atoms with E-state index in [4.69, 9.17) is 0 Å². The molecule has 0 aliphatic heterocycles. The third-order valence-electron chi connectivity index (χ3n) is 3.89. The normalized spacial score (nSPS) is 11.0. The molecule has 0 aliphatic carbocycles. The molecule has 6 nitrogen and oxygen atoms in total. The monoisotopic (exact) mass is 351 g/mol. The number of rotatable bonds is 5. The van der Waals surface area contributed by atoms with Crippen LogP contribution in [0.3, 0.4) is 0 Å². The number of H-pyrrole nitrogens is 1. The van der Waals surface area contributed by atoms with Crippen LogP contribution in [0.5, 0.6) is 0 Å². The Bertz CT molecular complexity index is 925. The quantitative estimate of drug-likeness (QED) is 0.710. The molecule has 0 bridgehead atoms. The van der Waals surface area contributed by atoms with Crippen LogP contribution < -0.4 is 11.2 Å². The van der Waals surface area contributed by atoms with Gasteiger partial charge in [0.1, 0.15) is 0 Å². The Balaban J connectivity index is 0.00000208. The van der Waals surface area contributed by atoms with Gasteiger partial charge >= 0.3 is 5.69 Å². The fraction of sp³-hybridized carbons (Fsp3) is 0.353. The van der Waals surface area contributed by atoms with Crippen molar-refractivity contribution in [2.45, 2.75) is 33.4 Å². The summed E-state index contributed by atoms with van der Waals surface area (Å²) in [6.07, 6.45) is 2.59. The van der Waals surface area contributed by atoms with Crippen molar-refractivity contribution < 1.29 is 0 Å². The Morgan fingerprint density at radius 2 is 1.88 bits per heavy atom. The van der Waals surface area contributed by atoms with Crippen molar-refractivity contribution in [3.05, 3.63) is 63.1 Å². The SMILES string of the molecule is CC(C)CCn1cnc2c1c(=O)[nH]c(=O)n2Cc1ccccc1.[K]. The fourth-order valence-electron chi connectivity index (χ4n) is 2.60. The van der Waals surface area contributed by atoms with Crippen LogP contribution in [-0.4, -0.2) is 70.5 Å². The molecule has 3 aromatic rings. The molecule has 0 unspecified atom stereocenters. The van der Waals surface area contributed by atoms with Gasteiger partial charge in [-0.3, -0.25) is 14.3 Å². The van der Waals surface area contributed by atoms with Gasteiger partial charge < -0.3 is 4.57 Å². The fourth-order valence-corrected chi connectivity index (χ4v) is 2.60. The minimum absolute atomic E-state index is 0. The average molecular weight is 351 g/mol. The average Bonchev–Trinajstić information content (AvgIpc) is 2.95. The second-order valence-corrected chi connectivity index (χ2v) is 6.12. The second-order valence-electron chi connectivity index (χ2n) is 6.12. The number of aromatic nitrogens is 4. The van der Waals surface area contributed by atoms with Gasteiger partial charge in [0.2, 0.25) is 0 Å². The van der Waals surface area contributed by atoms with E-state index in [-0.39, 0.29) is 56.9 Å². The summed E-state index contributed by atoms with van der Waals surface area (Å²) in [6.45, 7) is 5.36. The summed E-state index contributed by atoms with van der Waals surface area (Å²) < 4.78 is 3.34. The summed E-state index contributed by atoms with van der Waals surface area (Å²) in [7, 11) is 0. The number of aromatic amines is 1. The van der Waals surface area contributed by atoms with Gasteiger partial charge in [0, 0.05) is 57.9 Å². The van der Waals surface area contributed by atoms with Crippen molar-refractivity contribution in [2.24, 2.45) is 5.92 Å². The number of hydrogen-bond donors (Lipinski definition) is 1. The number of fused-ring (bicyclic) bond motifs is 1. The molecule has 1 aromatic carbocycles. The van der Waals surface area contributed by atoms with E-state index in [0.717, 1.165) is 12.0 Å². The van der Waals surface area contributed by atoms with Crippen molar-refractivity contribution in [3.8, 4) is 0 Å². The van der Waals surface area contributed by atoms with E-state index in [1.54, 1.807) is 6.33 Å².